The summed E-state index contributed by atoms with van der Waals surface area (Å²) in [7, 11) is 0. The Labute approximate surface area is 155 Å². The van der Waals surface area contributed by atoms with E-state index in [0.29, 0.717) is 11.8 Å². The number of hydrogen-bond donors (Lipinski definition) is 2. The van der Waals surface area contributed by atoms with Crippen molar-refractivity contribution in [2.75, 3.05) is 13.1 Å². The average molecular weight is 363 g/mol. The van der Waals surface area contributed by atoms with Crippen molar-refractivity contribution in [1.82, 2.24) is 20.0 Å². The minimum atomic E-state index is -0.493. The highest BCUT2D eigenvalue weighted by Gasteiger charge is 2.41. The maximum atomic E-state index is 12.8. The highest BCUT2D eigenvalue weighted by molar-refractivity contribution is 5.85. The number of rotatable bonds is 3. The number of amides is 1. The molecule has 0 radical (unpaired) electrons. The van der Waals surface area contributed by atoms with Gasteiger partial charge in [-0.15, -0.1) is 12.4 Å². The van der Waals surface area contributed by atoms with Crippen LogP contribution in [0.2, 0.25) is 0 Å². The number of halogens is 1. The van der Waals surface area contributed by atoms with Gasteiger partial charge in [-0.3, -0.25) is 4.79 Å². The second kappa shape index (κ2) is 6.61. The van der Waals surface area contributed by atoms with Crippen molar-refractivity contribution >= 4 is 23.8 Å². The van der Waals surface area contributed by atoms with Gasteiger partial charge in [-0.2, -0.15) is 0 Å². The van der Waals surface area contributed by atoms with E-state index in [2.05, 4.69) is 33.0 Å². The zero-order valence-corrected chi connectivity index (χ0v) is 15.9. The molecular weight excluding hydrogens is 336 g/mol. The monoisotopic (exact) mass is 362 g/mol. The van der Waals surface area contributed by atoms with E-state index in [1.165, 1.54) is 5.56 Å². The van der Waals surface area contributed by atoms with Crippen LogP contribution < -0.4 is 10.6 Å². The van der Waals surface area contributed by atoms with Crippen molar-refractivity contribution in [2.45, 2.75) is 39.2 Å². The normalized spacial score (nSPS) is 25.6. The first-order valence-corrected chi connectivity index (χ1v) is 8.91. The number of carbonyl (C=O) groups excluding carboxylic acids is 1. The third kappa shape index (κ3) is 3.15. The van der Waals surface area contributed by atoms with Crippen molar-refractivity contribution in [1.29, 1.82) is 0 Å². The third-order valence-corrected chi connectivity index (χ3v) is 5.80. The number of pyridine rings is 1. The predicted molar refractivity (Wildman–Crippen MR) is 101 cm³/mol. The van der Waals surface area contributed by atoms with E-state index >= 15 is 0 Å². The van der Waals surface area contributed by atoms with Gasteiger partial charge in [0.2, 0.25) is 5.91 Å². The lowest BCUT2D eigenvalue weighted by Crippen LogP contribution is -2.45. The molecule has 0 bridgehead atoms. The zero-order valence-electron chi connectivity index (χ0n) is 15.1. The van der Waals surface area contributed by atoms with Crippen LogP contribution >= 0.6 is 12.4 Å². The van der Waals surface area contributed by atoms with Crippen LogP contribution in [0.5, 0.6) is 0 Å². The van der Waals surface area contributed by atoms with Crippen molar-refractivity contribution in [2.24, 2.45) is 17.8 Å². The predicted octanol–water partition coefficient (Wildman–Crippen LogP) is 2.66. The molecule has 1 aliphatic carbocycles. The number of hydrogen-bond acceptors (Lipinski definition) is 3. The minimum Gasteiger partial charge on any atom is -0.344 e. The van der Waals surface area contributed by atoms with E-state index in [9.17, 15) is 4.79 Å². The lowest BCUT2D eigenvalue weighted by atomic mass is 9.99. The van der Waals surface area contributed by atoms with Crippen LogP contribution in [0, 0.1) is 24.7 Å². The van der Waals surface area contributed by atoms with E-state index in [1.807, 2.05) is 32.3 Å². The number of aromatic nitrogens is 2. The lowest BCUT2D eigenvalue weighted by molar-refractivity contribution is -0.126. The van der Waals surface area contributed by atoms with Crippen molar-refractivity contribution in [3.8, 4) is 0 Å². The standard InChI is InChI=1S/C19H26N4O.ClH/c1-12-5-4-6-23-16(12)11-21-18(23)19(2,3)22-17(24)13-7-14-9-20-10-15(14)8-13;/h4-6,11,13-15,20H,7-10H2,1-3H3,(H,22,24);1H/t13-,14-,15+;. The molecule has 1 saturated carbocycles. The van der Waals surface area contributed by atoms with Crippen molar-refractivity contribution in [3.63, 3.8) is 0 Å². The van der Waals surface area contributed by atoms with Crippen LogP contribution in [0.25, 0.3) is 5.52 Å². The Balaban J connectivity index is 0.00000182. The largest absolute Gasteiger partial charge is 0.344 e. The van der Waals surface area contributed by atoms with Gasteiger partial charge < -0.3 is 15.0 Å². The van der Waals surface area contributed by atoms with Crippen molar-refractivity contribution < 1.29 is 4.79 Å². The molecule has 2 aromatic rings. The van der Waals surface area contributed by atoms with Crippen LogP contribution in [0.3, 0.4) is 0 Å². The first-order valence-electron chi connectivity index (χ1n) is 8.91. The first kappa shape index (κ1) is 18.2. The Kier molecular flexibility index (Phi) is 4.82. The Bertz CT molecular complexity index is 773. The van der Waals surface area contributed by atoms with Gasteiger partial charge in [0.25, 0.3) is 0 Å². The first-order chi connectivity index (χ1) is 11.5. The Morgan fingerprint density at radius 3 is 2.68 bits per heavy atom. The molecule has 1 amide bonds. The van der Waals surface area contributed by atoms with E-state index in [1.54, 1.807) is 0 Å². The Hall–Kier alpha value is -1.59. The molecule has 2 fully saturated rings. The van der Waals surface area contributed by atoms with Crippen molar-refractivity contribution in [3.05, 3.63) is 35.9 Å². The molecule has 0 aromatic carbocycles. The lowest BCUT2D eigenvalue weighted by Gasteiger charge is -2.27. The van der Waals surface area contributed by atoms with Gasteiger partial charge in [0, 0.05) is 12.1 Å². The molecule has 2 aliphatic rings. The molecule has 25 heavy (non-hydrogen) atoms. The number of nitrogens with zero attached hydrogens (tertiary/aromatic N) is 2. The van der Waals surface area contributed by atoms with Gasteiger partial charge in [0.15, 0.2) is 0 Å². The van der Waals surface area contributed by atoms with Gasteiger partial charge in [0.1, 0.15) is 5.82 Å². The fourth-order valence-corrected chi connectivity index (χ4v) is 4.47. The molecular formula is C19H27ClN4O. The second-order valence-electron chi connectivity index (χ2n) is 7.99. The summed E-state index contributed by atoms with van der Waals surface area (Å²) >= 11 is 0. The molecule has 136 valence electrons. The van der Waals surface area contributed by atoms with Crippen LogP contribution in [0.1, 0.15) is 38.1 Å². The summed E-state index contributed by atoms with van der Waals surface area (Å²) in [5.41, 5.74) is 1.79. The third-order valence-electron chi connectivity index (χ3n) is 5.80. The molecule has 2 N–H and O–H groups in total. The summed E-state index contributed by atoms with van der Waals surface area (Å²) in [4.78, 5) is 17.4. The molecule has 4 rings (SSSR count). The van der Waals surface area contributed by atoms with Gasteiger partial charge in [-0.05, 0) is 70.2 Å². The number of aryl methyl sites for hydroxylation is 1. The fraction of sp³-hybridized carbons (Fsp3) is 0.579. The van der Waals surface area contributed by atoms with E-state index in [4.69, 9.17) is 0 Å². The summed E-state index contributed by atoms with van der Waals surface area (Å²) in [5, 5.41) is 6.69. The number of imidazole rings is 1. The van der Waals surface area contributed by atoms with Gasteiger partial charge in [-0.1, -0.05) is 6.07 Å². The highest BCUT2D eigenvalue weighted by atomic mass is 35.5. The summed E-state index contributed by atoms with van der Waals surface area (Å²) in [5.74, 6) is 2.57. The van der Waals surface area contributed by atoms with Crippen LogP contribution in [-0.2, 0) is 10.3 Å². The molecule has 6 heteroatoms. The zero-order chi connectivity index (χ0) is 16.9. The summed E-state index contributed by atoms with van der Waals surface area (Å²) in [6.07, 6.45) is 5.94. The van der Waals surface area contributed by atoms with Gasteiger partial charge in [0.05, 0.1) is 17.3 Å². The van der Waals surface area contributed by atoms with E-state index in [0.717, 1.165) is 37.3 Å². The van der Waals surface area contributed by atoms with Crippen LogP contribution in [0.4, 0.5) is 0 Å². The summed E-state index contributed by atoms with van der Waals surface area (Å²) < 4.78 is 2.09. The number of nitrogens with one attached hydrogen (secondary N) is 2. The molecule has 3 atom stereocenters. The highest BCUT2D eigenvalue weighted by Crippen LogP contribution is 2.39. The minimum absolute atomic E-state index is 0. The summed E-state index contributed by atoms with van der Waals surface area (Å²) in [6, 6.07) is 4.11. The maximum Gasteiger partial charge on any atom is 0.223 e. The van der Waals surface area contributed by atoms with Crippen LogP contribution in [-0.4, -0.2) is 28.4 Å². The molecule has 0 spiro atoms. The maximum absolute atomic E-state index is 12.8. The molecule has 5 nitrogen and oxygen atoms in total. The summed E-state index contributed by atoms with van der Waals surface area (Å²) in [6.45, 7) is 8.31. The molecule has 0 unspecified atom stereocenters. The second-order valence-corrected chi connectivity index (χ2v) is 7.99. The SMILES string of the molecule is Cc1cccn2c(C(C)(C)NC(=O)[C@H]3C[C@H]4CNC[C@H]4C3)ncc12.Cl. The molecule has 3 heterocycles. The Morgan fingerprint density at radius 2 is 2.00 bits per heavy atom. The van der Waals surface area contributed by atoms with Gasteiger partial charge in [-0.25, -0.2) is 4.98 Å². The number of carbonyl (C=O) groups is 1. The van der Waals surface area contributed by atoms with E-state index in [-0.39, 0.29) is 24.2 Å². The van der Waals surface area contributed by atoms with E-state index < -0.39 is 5.54 Å². The van der Waals surface area contributed by atoms with Crippen LogP contribution in [0.15, 0.2) is 24.5 Å². The topological polar surface area (TPSA) is 58.4 Å². The Morgan fingerprint density at radius 1 is 1.32 bits per heavy atom. The van der Waals surface area contributed by atoms with Gasteiger partial charge >= 0.3 is 0 Å². The fourth-order valence-electron chi connectivity index (χ4n) is 4.47. The molecule has 2 aromatic heterocycles. The average Bonchev–Trinajstić information content (AvgIpc) is 3.21. The number of fused-ring (bicyclic) bond motifs is 2. The smallest absolute Gasteiger partial charge is 0.223 e. The molecule has 1 aliphatic heterocycles. The quantitative estimate of drug-likeness (QED) is 0.882. The molecule has 1 saturated heterocycles.